The molecule has 0 bridgehead atoms. The van der Waals surface area contributed by atoms with Gasteiger partial charge in [-0.15, -0.1) is 0 Å². The standard InChI is InChI=1S/C29H30N6O/c1-18(2)15-30-27-28-31-16-26(19-4-6-20(7-5-19)29(36)32-23-9-10-23)35(28)17-24(33-27)21-8-11-25-22(14-21)12-13-34(25)3/h4-8,11-14,16-18,23H,9-10,15H2,1-3H3,(H,30,33)(H,32,36). The maximum atomic E-state index is 12.4. The molecule has 7 nitrogen and oxygen atoms in total. The van der Waals surface area contributed by atoms with Gasteiger partial charge in [-0.3, -0.25) is 9.20 Å². The molecule has 5 aromatic rings. The first-order valence-electron chi connectivity index (χ1n) is 12.5. The Morgan fingerprint density at radius 1 is 1.08 bits per heavy atom. The van der Waals surface area contributed by atoms with Gasteiger partial charge in [-0.1, -0.05) is 32.0 Å². The summed E-state index contributed by atoms with van der Waals surface area (Å²) < 4.78 is 4.22. The lowest BCUT2D eigenvalue weighted by Gasteiger charge is -2.13. The summed E-state index contributed by atoms with van der Waals surface area (Å²) in [4.78, 5) is 22.1. The van der Waals surface area contributed by atoms with Crippen molar-refractivity contribution >= 4 is 28.3 Å². The molecule has 1 fully saturated rings. The highest BCUT2D eigenvalue weighted by Gasteiger charge is 2.24. The van der Waals surface area contributed by atoms with Gasteiger partial charge in [0.1, 0.15) is 0 Å². The molecule has 1 aliphatic rings. The Bertz CT molecular complexity index is 1570. The predicted molar refractivity (Wildman–Crippen MR) is 144 cm³/mol. The largest absolute Gasteiger partial charge is 0.367 e. The zero-order chi connectivity index (χ0) is 24.8. The van der Waals surface area contributed by atoms with Crippen LogP contribution in [-0.2, 0) is 7.05 Å². The summed E-state index contributed by atoms with van der Waals surface area (Å²) in [6, 6.07) is 16.6. The Morgan fingerprint density at radius 2 is 1.86 bits per heavy atom. The van der Waals surface area contributed by atoms with Crippen LogP contribution in [0.15, 0.2) is 67.1 Å². The van der Waals surface area contributed by atoms with Crippen LogP contribution >= 0.6 is 0 Å². The van der Waals surface area contributed by atoms with Crippen molar-refractivity contribution < 1.29 is 4.79 Å². The first kappa shape index (κ1) is 22.3. The van der Waals surface area contributed by atoms with Gasteiger partial charge in [0.15, 0.2) is 11.5 Å². The summed E-state index contributed by atoms with van der Waals surface area (Å²) in [7, 11) is 2.05. The molecule has 1 amide bonds. The minimum atomic E-state index is -0.00912. The molecule has 36 heavy (non-hydrogen) atoms. The Morgan fingerprint density at radius 3 is 2.61 bits per heavy atom. The Hall–Kier alpha value is -4.13. The summed E-state index contributed by atoms with van der Waals surface area (Å²) in [5.74, 6) is 1.23. The Kier molecular flexibility index (Phi) is 5.48. The Labute approximate surface area is 210 Å². The smallest absolute Gasteiger partial charge is 0.251 e. The normalized spacial score (nSPS) is 13.6. The van der Waals surface area contributed by atoms with E-state index in [1.165, 1.54) is 10.9 Å². The summed E-state index contributed by atoms with van der Waals surface area (Å²) in [5, 5.41) is 7.73. The van der Waals surface area contributed by atoms with E-state index in [1.807, 2.05) is 30.5 Å². The van der Waals surface area contributed by atoms with E-state index >= 15 is 0 Å². The van der Waals surface area contributed by atoms with Crippen LogP contribution in [0.1, 0.15) is 37.0 Å². The molecular formula is C29H30N6O. The quantitative estimate of drug-likeness (QED) is 0.323. The maximum absolute atomic E-state index is 12.4. The van der Waals surface area contributed by atoms with Crippen LogP contribution in [0, 0.1) is 5.92 Å². The van der Waals surface area contributed by atoms with Crippen molar-refractivity contribution in [2.45, 2.75) is 32.7 Å². The van der Waals surface area contributed by atoms with Gasteiger partial charge < -0.3 is 15.2 Å². The third-order valence-electron chi connectivity index (χ3n) is 6.71. The maximum Gasteiger partial charge on any atom is 0.251 e. The number of nitrogens with zero attached hydrogens (tertiary/aromatic N) is 4. The molecule has 3 aromatic heterocycles. The first-order chi connectivity index (χ1) is 17.5. The SMILES string of the molecule is CC(C)CNc1nc(-c2ccc3c(ccn3C)c2)cn2c(-c3ccc(C(=O)NC4CC4)cc3)cnc12. The van der Waals surface area contributed by atoms with Gasteiger partial charge in [0, 0.05) is 59.6 Å². The van der Waals surface area contributed by atoms with Gasteiger partial charge in [0.25, 0.3) is 5.91 Å². The number of anilines is 1. The van der Waals surface area contributed by atoms with Crippen molar-refractivity contribution in [3.63, 3.8) is 0 Å². The number of hydrogen-bond donors (Lipinski definition) is 2. The molecule has 0 spiro atoms. The number of benzene rings is 2. The molecule has 2 aromatic carbocycles. The van der Waals surface area contributed by atoms with Crippen molar-refractivity contribution in [2.75, 3.05) is 11.9 Å². The van der Waals surface area contributed by atoms with Gasteiger partial charge in [-0.25, -0.2) is 9.97 Å². The molecule has 3 heterocycles. The van der Waals surface area contributed by atoms with E-state index in [4.69, 9.17) is 9.97 Å². The van der Waals surface area contributed by atoms with E-state index in [0.717, 1.165) is 53.4 Å². The highest BCUT2D eigenvalue weighted by Crippen LogP contribution is 2.30. The van der Waals surface area contributed by atoms with Crippen molar-refractivity contribution in [3.05, 3.63) is 72.7 Å². The lowest BCUT2D eigenvalue weighted by Crippen LogP contribution is -2.25. The minimum absolute atomic E-state index is 0.00912. The van der Waals surface area contributed by atoms with Crippen LogP contribution < -0.4 is 10.6 Å². The third-order valence-corrected chi connectivity index (χ3v) is 6.71. The second-order valence-corrected chi connectivity index (χ2v) is 10.1. The molecule has 182 valence electrons. The molecule has 6 rings (SSSR count). The van der Waals surface area contributed by atoms with Crippen molar-refractivity contribution in [2.24, 2.45) is 13.0 Å². The summed E-state index contributed by atoms with van der Waals surface area (Å²) in [5.41, 5.74) is 6.52. The van der Waals surface area contributed by atoms with Gasteiger partial charge in [0.2, 0.25) is 0 Å². The van der Waals surface area contributed by atoms with Gasteiger partial charge in [0.05, 0.1) is 17.6 Å². The highest BCUT2D eigenvalue weighted by atomic mass is 16.1. The lowest BCUT2D eigenvalue weighted by molar-refractivity contribution is 0.0951. The molecule has 7 heteroatoms. The number of fused-ring (bicyclic) bond motifs is 2. The molecule has 1 saturated carbocycles. The van der Waals surface area contributed by atoms with Gasteiger partial charge in [-0.2, -0.15) is 0 Å². The summed E-state index contributed by atoms with van der Waals surface area (Å²) in [6.45, 7) is 5.15. The Balaban J connectivity index is 1.42. The van der Waals surface area contributed by atoms with Crippen molar-refractivity contribution in [3.8, 4) is 22.5 Å². The van der Waals surface area contributed by atoms with E-state index in [1.54, 1.807) is 0 Å². The van der Waals surface area contributed by atoms with Crippen LogP contribution in [0.2, 0.25) is 0 Å². The average Bonchev–Trinajstić information content (AvgIpc) is 3.47. The monoisotopic (exact) mass is 478 g/mol. The number of rotatable bonds is 7. The summed E-state index contributed by atoms with van der Waals surface area (Å²) >= 11 is 0. The van der Waals surface area contributed by atoms with Crippen LogP contribution in [0.4, 0.5) is 5.82 Å². The van der Waals surface area contributed by atoms with Gasteiger partial charge in [-0.05, 0) is 49.1 Å². The second kappa shape index (κ2) is 8.82. The molecule has 0 unspecified atom stereocenters. The summed E-state index contributed by atoms with van der Waals surface area (Å²) in [6.07, 6.45) is 8.15. The molecule has 1 aliphatic carbocycles. The third kappa shape index (κ3) is 4.21. The first-order valence-corrected chi connectivity index (χ1v) is 12.5. The van der Waals surface area contributed by atoms with Crippen molar-refractivity contribution in [1.29, 1.82) is 0 Å². The molecule has 0 atom stereocenters. The molecule has 0 radical (unpaired) electrons. The highest BCUT2D eigenvalue weighted by molar-refractivity contribution is 5.95. The number of carbonyl (C=O) groups is 1. The fourth-order valence-corrected chi connectivity index (χ4v) is 4.49. The number of carbonyl (C=O) groups excluding carboxylic acids is 1. The van der Waals surface area contributed by atoms with Crippen molar-refractivity contribution in [1.82, 2.24) is 24.3 Å². The minimum Gasteiger partial charge on any atom is -0.367 e. The fourth-order valence-electron chi connectivity index (χ4n) is 4.49. The average molecular weight is 479 g/mol. The zero-order valence-electron chi connectivity index (χ0n) is 20.8. The number of nitrogens with one attached hydrogen (secondary N) is 2. The van der Waals surface area contributed by atoms with Gasteiger partial charge >= 0.3 is 0 Å². The van der Waals surface area contributed by atoms with E-state index in [9.17, 15) is 4.79 Å². The van der Waals surface area contributed by atoms with E-state index in [0.29, 0.717) is 17.5 Å². The fraction of sp³-hybridized carbons (Fsp3) is 0.276. The molecule has 0 aliphatic heterocycles. The number of aryl methyl sites for hydroxylation is 1. The van der Waals surface area contributed by atoms with Crippen LogP contribution in [-0.4, -0.2) is 37.4 Å². The van der Waals surface area contributed by atoms with E-state index in [-0.39, 0.29) is 5.91 Å². The molecular weight excluding hydrogens is 448 g/mol. The zero-order valence-corrected chi connectivity index (χ0v) is 20.8. The number of hydrogen-bond acceptors (Lipinski definition) is 4. The second-order valence-electron chi connectivity index (χ2n) is 10.1. The topological polar surface area (TPSA) is 76.2 Å². The van der Waals surface area contributed by atoms with Crippen LogP contribution in [0.5, 0.6) is 0 Å². The predicted octanol–water partition coefficient (Wildman–Crippen LogP) is 5.52. The number of amides is 1. The van der Waals surface area contributed by atoms with Crippen LogP contribution in [0.3, 0.4) is 0 Å². The lowest BCUT2D eigenvalue weighted by atomic mass is 10.1. The number of aromatic nitrogens is 4. The van der Waals surface area contributed by atoms with Crippen LogP contribution in [0.25, 0.3) is 39.1 Å². The molecule has 0 saturated heterocycles. The van der Waals surface area contributed by atoms with E-state index in [2.05, 4.69) is 77.2 Å². The molecule has 2 N–H and O–H groups in total. The van der Waals surface area contributed by atoms with E-state index < -0.39 is 0 Å². The number of imidazole rings is 1.